The van der Waals surface area contributed by atoms with Gasteiger partial charge in [-0.1, -0.05) is 48.5 Å². The van der Waals surface area contributed by atoms with Gasteiger partial charge >= 0.3 is 17.3 Å². The van der Waals surface area contributed by atoms with E-state index in [1.165, 1.54) is 0 Å². The summed E-state index contributed by atoms with van der Waals surface area (Å²) in [6.07, 6.45) is -4.41. The summed E-state index contributed by atoms with van der Waals surface area (Å²) in [4.78, 5) is 39.3. The van der Waals surface area contributed by atoms with Crippen LogP contribution in [-0.2, 0) is 20.8 Å². The van der Waals surface area contributed by atoms with E-state index in [-0.39, 0.29) is 12.5 Å². The van der Waals surface area contributed by atoms with Crippen LogP contribution in [0.15, 0.2) is 64.4 Å². The number of rotatable bonds is 6. The van der Waals surface area contributed by atoms with E-state index in [1.54, 1.807) is 0 Å². The van der Waals surface area contributed by atoms with Crippen molar-refractivity contribution in [3.63, 3.8) is 0 Å². The molecular weight excluding hydrogens is 458 g/mol. The van der Waals surface area contributed by atoms with Crippen molar-refractivity contribution in [1.82, 2.24) is 9.55 Å². The number of hydrogen-bond acceptors (Lipinski definition) is 8. The first kappa shape index (κ1) is 23.1. The summed E-state index contributed by atoms with van der Waals surface area (Å²) in [5, 5.41) is 29.4. The van der Waals surface area contributed by atoms with E-state index in [1.807, 2.05) is 48.5 Å². The van der Waals surface area contributed by atoms with Crippen molar-refractivity contribution in [2.45, 2.75) is 37.0 Å². The summed E-state index contributed by atoms with van der Waals surface area (Å²) in [5.41, 5.74) is 2.50. The maximum Gasteiger partial charge on any atom is 0.448 e. The van der Waals surface area contributed by atoms with Crippen molar-refractivity contribution in [2.75, 3.05) is 13.2 Å². The predicted molar refractivity (Wildman–Crippen MR) is 119 cm³/mol. The van der Waals surface area contributed by atoms with Crippen LogP contribution < -0.4 is 15.9 Å². The molecule has 35 heavy (non-hydrogen) atoms. The third-order valence-corrected chi connectivity index (χ3v) is 6.44. The molecule has 1 fully saturated rings. The molecule has 5 rings (SSSR count). The van der Waals surface area contributed by atoms with Gasteiger partial charge in [-0.3, -0.25) is 0 Å². The van der Waals surface area contributed by atoms with Crippen molar-refractivity contribution in [2.24, 2.45) is 0 Å². The van der Waals surface area contributed by atoms with Crippen LogP contribution in [0.2, 0.25) is 0 Å². The first-order valence-electron chi connectivity index (χ1n) is 11.1. The van der Waals surface area contributed by atoms with Gasteiger partial charge < -0.3 is 24.8 Å². The minimum atomic E-state index is -1.53. The second-order valence-electron chi connectivity index (χ2n) is 8.52. The molecule has 4 N–H and O–H groups in total. The lowest BCUT2D eigenvalue weighted by atomic mass is 9.98. The standard InChI is InChI=1S/C24H23N3O8/c28-10-18-20(30)21(31)22(35-18)27-12-26(23(32)25-24(27)33)9-19(29)34-11-17-15-7-3-1-5-13(15)14-6-2-4-8-16(14)17/h1-8,12,17-18,20-22,28,30-31H,9-11H2/p+1/t18-,20+,21?,22-/m1/s1. The van der Waals surface area contributed by atoms with E-state index in [0.29, 0.717) is 0 Å². The molecule has 0 spiro atoms. The quantitative estimate of drug-likeness (QED) is 0.252. The fraction of sp³-hybridized carbons (Fsp3) is 0.333. The molecule has 1 unspecified atom stereocenters. The van der Waals surface area contributed by atoms with Crippen LogP contribution in [0.4, 0.5) is 0 Å². The number of carbonyl (C=O) groups excluding carboxylic acids is 1. The fourth-order valence-electron chi connectivity index (χ4n) is 4.69. The summed E-state index contributed by atoms with van der Waals surface area (Å²) in [5.74, 6) is -0.851. The van der Waals surface area contributed by atoms with Gasteiger partial charge in [0, 0.05) is 5.92 Å². The molecule has 0 amide bonds. The number of esters is 1. The molecule has 0 bridgehead atoms. The van der Waals surface area contributed by atoms with E-state index < -0.39 is 55.0 Å². The Kier molecular flexibility index (Phi) is 6.07. The van der Waals surface area contributed by atoms with Crippen LogP contribution in [0.5, 0.6) is 0 Å². The van der Waals surface area contributed by atoms with Gasteiger partial charge in [0.05, 0.1) is 6.61 Å². The van der Waals surface area contributed by atoms with E-state index in [0.717, 1.165) is 37.7 Å². The average molecular weight is 482 g/mol. The molecule has 1 aliphatic heterocycles. The lowest BCUT2D eigenvalue weighted by molar-refractivity contribution is -0.708. The Hall–Kier alpha value is -3.64. The fourth-order valence-corrected chi connectivity index (χ4v) is 4.69. The minimum Gasteiger partial charge on any atom is -0.462 e. The number of carbonyl (C=O) groups is 1. The highest BCUT2D eigenvalue weighted by Gasteiger charge is 2.46. The summed E-state index contributed by atoms with van der Waals surface area (Å²) in [6.45, 7) is -1.01. The molecule has 182 valence electrons. The molecule has 2 heterocycles. The maximum atomic E-state index is 12.6. The van der Waals surface area contributed by atoms with Gasteiger partial charge in [-0.2, -0.15) is 14.1 Å². The van der Waals surface area contributed by atoms with Gasteiger partial charge in [0.25, 0.3) is 0 Å². The zero-order valence-corrected chi connectivity index (χ0v) is 18.5. The summed E-state index contributed by atoms with van der Waals surface area (Å²) in [6, 6.07) is 15.8. The number of hydrogen-bond donors (Lipinski definition) is 4. The van der Waals surface area contributed by atoms with Crippen molar-refractivity contribution >= 4 is 5.97 Å². The molecule has 11 heteroatoms. The van der Waals surface area contributed by atoms with Crippen LogP contribution in [0.1, 0.15) is 23.3 Å². The molecule has 3 aromatic rings. The monoisotopic (exact) mass is 482 g/mol. The number of benzene rings is 2. The molecule has 1 aliphatic carbocycles. The molecule has 2 aromatic carbocycles. The molecular formula is C24H24N3O8+. The van der Waals surface area contributed by atoms with Crippen LogP contribution >= 0.6 is 0 Å². The Bertz CT molecular complexity index is 1340. The highest BCUT2D eigenvalue weighted by atomic mass is 16.6. The Morgan fingerprint density at radius 1 is 1.03 bits per heavy atom. The van der Waals surface area contributed by atoms with Crippen LogP contribution in [0.3, 0.4) is 0 Å². The zero-order chi connectivity index (χ0) is 24.7. The van der Waals surface area contributed by atoms with Gasteiger partial charge in [0.15, 0.2) is 6.54 Å². The second kappa shape index (κ2) is 9.19. The topological polar surface area (TPSA) is 155 Å². The van der Waals surface area contributed by atoms with E-state index in [9.17, 15) is 29.7 Å². The number of aromatic nitrogens is 3. The first-order valence-corrected chi connectivity index (χ1v) is 11.1. The van der Waals surface area contributed by atoms with Crippen molar-refractivity contribution < 1.29 is 34.2 Å². The summed E-state index contributed by atoms with van der Waals surface area (Å²) in [7, 11) is 0. The van der Waals surface area contributed by atoms with E-state index in [2.05, 4.69) is 4.98 Å². The third-order valence-electron chi connectivity index (χ3n) is 6.44. The number of nitrogens with one attached hydrogen (secondary N) is 1. The van der Waals surface area contributed by atoms with E-state index in [4.69, 9.17) is 9.47 Å². The molecule has 0 radical (unpaired) electrons. The van der Waals surface area contributed by atoms with Gasteiger partial charge in [-0.05, 0) is 22.3 Å². The van der Waals surface area contributed by atoms with Gasteiger partial charge in [-0.15, -0.1) is 0 Å². The van der Waals surface area contributed by atoms with Crippen LogP contribution in [0.25, 0.3) is 11.1 Å². The molecule has 1 saturated heterocycles. The Labute approximate surface area is 198 Å². The number of aromatic amines is 1. The number of aliphatic hydroxyl groups excluding tert-OH is 3. The largest absolute Gasteiger partial charge is 0.462 e. The second-order valence-corrected chi connectivity index (χ2v) is 8.52. The number of aliphatic hydroxyl groups is 3. The number of nitrogens with zero attached hydrogens (tertiary/aromatic N) is 2. The molecule has 2 aliphatic rings. The molecule has 0 saturated carbocycles. The van der Waals surface area contributed by atoms with Crippen molar-refractivity contribution in [1.29, 1.82) is 0 Å². The Balaban J connectivity index is 1.33. The van der Waals surface area contributed by atoms with Gasteiger partial charge in [0.1, 0.15) is 24.9 Å². The predicted octanol–water partition coefficient (Wildman–Crippen LogP) is -1.21. The van der Waals surface area contributed by atoms with E-state index >= 15 is 0 Å². The van der Waals surface area contributed by atoms with Crippen molar-refractivity contribution in [3.8, 4) is 11.1 Å². The third kappa shape index (κ3) is 4.08. The Morgan fingerprint density at radius 2 is 1.66 bits per heavy atom. The number of ether oxygens (including phenoxy) is 2. The average Bonchev–Trinajstić information content (AvgIpc) is 3.33. The molecule has 4 atom stereocenters. The highest BCUT2D eigenvalue weighted by molar-refractivity contribution is 5.79. The number of fused-ring (bicyclic) bond motifs is 3. The summed E-state index contributed by atoms with van der Waals surface area (Å²) < 4.78 is 12.6. The summed E-state index contributed by atoms with van der Waals surface area (Å²) >= 11 is 0. The lowest BCUT2D eigenvalue weighted by Crippen LogP contribution is -2.59. The smallest absolute Gasteiger partial charge is 0.448 e. The first-order chi connectivity index (χ1) is 16.9. The normalized spacial score (nSPS) is 23.2. The van der Waals surface area contributed by atoms with Gasteiger partial charge in [0.2, 0.25) is 12.6 Å². The maximum absolute atomic E-state index is 12.6. The minimum absolute atomic E-state index is 0.0692. The zero-order valence-electron chi connectivity index (χ0n) is 18.5. The number of H-pyrrole nitrogens is 1. The Morgan fingerprint density at radius 3 is 2.26 bits per heavy atom. The highest BCUT2D eigenvalue weighted by Crippen LogP contribution is 2.44. The SMILES string of the molecule is O=C(C[n+]1cn([C@@H]2O[C@H](CO)[C@H](O)C2O)c(=O)[nH]c1=O)OCC1c2ccccc2-c2ccccc21. The van der Waals surface area contributed by atoms with Crippen LogP contribution in [-0.4, -0.2) is 62.4 Å². The molecule has 11 nitrogen and oxygen atoms in total. The van der Waals surface area contributed by atoms with Gasteiger partial charge in [-0.25, -0.2) is 14.4 Å². The van der Waals surface area contributed by atoms with Crippen molar-refractivity contribution in [3.05, 3.63) is 87.0 Å². The molecule has 1 aromatic heterocycles. The van der Waals surface area contributed by atoms with Crippen LogP contribution in [0, 0.1) is 0 Å². The lowest BCUT2D eigenvalue weighted by Gasteiger charge is -2.15.